The van der Waals surface area contributed by atoms with Crippen molar-refractivity contribution in [1.82, 2.24) is 9.55 Å². The van der Waals surface area contributed by atoms with Crippen molar-refractivity contribution in [2.24, 2.45) is 7.05 Å². The van der Waals surface area contributed by atoms with Crippen molar-refractivity contribution in [1.29, 1.82) is 0 Å². The third-order valence-electron chi connectivity index (χ3n) is 8.39. The number of para-hydroxylation sites is 2. The van der Waals surface area contributed by atoms with Crippen LogP contribution in [-0.4, -0.2) is 9.55 Å². The second-order valence-corrected chi connectivity index (χ2v) is 13.3. The number of imidazole rings is 1. The molecule has 4 aromatic carbocycles. The lowest BCUT2D eigenvalue weighted by Gasteiger charge is -2.21. The molecule has 0 atom stereocenters. The van der Waals surface area contributed by atoms with Crippen LogP contribution in [-0.2, 0) is 12.5 Å². The van der Waals surface area contributed by atoms with Gasteiger partial charge in [0, 0.05) is 16.5 Å². The first kappa shape index (κ1) is 28.0. The van der Waals surface area contributed by atoms with Crippen LogP contribution in [0.2, 0.25) is 0 Å². The zero-order valence-electron chi connectivity index (χ0n) is 26.4. The molecule has 214 valence electrons. The lowest BCUT2D eigenvalue weighted by Crippen LogP contribution is -2.30. The Kier molecular flexibility index (Phi) is 6.84. The average Bonchev–Trinajstić information content (AvgIpc) is 3.52. The summed E-state index contributed by atoms with van der Waals surface area (Å²) in [7, 11) is 2.18. The van der Waals surface area contributed by atoms with E-state index in [1.54, 1.807) is 0 Å². The molecule has 4 nitrogen and oxygen atoms in total. The Balaban J connectivity index is 1.78. The van der Waals surface area contributed by atoms with Crippen LogP contribution < -0.4 is 4.57 Å². The Morgan fingerprint density at radius 1 is 0.786 bits per heavy atom. The summed E-state index contributed by atoms with van der Waals surface area (Å²) in [6, 6.07) is 28.5. The van der Waals surface area contributed by atoms with E-state index in [1.165, 1.54) is 44.5 Å². The van der Waals surface area contributed by atoms with Crippen molar-refractivity contribution in [3.63, 3.8) is 0 Å². The van der Waals surface area contributed by atoms with E-state index in [2.05, 4.69) is 150 Å². The molecule has 0 bridgehead atoms. The van der Waals surface area contributed by atoms with Crippen LogP contribution in [0.5, 0.6) is 0 Å². The standard InChI is InChI=1S/C38H42N3O/c1-23(2)28-21-27(26-15-11-10-12-16-26)22-29(24(3)4)35(28)41-31-18-14-13-17-30(31)40(9)36(41)33-25(5)19-20-32-34(33)39-37(42-32)38(6,7)8/h10-24H,1-9H3/q+1. The third kappa shape index (κ3) is 4.54. The fourth-order valence-corrected chi connectivity index (χ4v) is 6.13. The maximum absolute atomic E-state index is 6.37. The number of fused-ring (bicyclic) bond motifs is 2. The van der Waals surface area contributed by atoms with Gasteiger partial charge in [-0.15, -0.1) is 0 Å². The van der Waals surface area contributed by atoms with Crippen LogP contribution >= 0.6 is 0 Å². The lowest BCUT2D eigenvalue weighted by molar-refractivity contribution is -0.633. The van der Waals surface area contributed by atoms with Crippen LogP contribution in [0.3, 0.4) is 0 Å². The van der Waals surface area contributed by atoms with Gasteiger partial charge in [0.15, 0.2) is 16.6 Å². The minimum Gasteiger partial charge on any atom is -0.440 e. The molecule has 6 aromatic rings. The number of hydrogen-bond acceptors (Lipinski definition) is 2. The highest BCUT2D eigenvalue weighted by Gasteiger charge is 2.34. The van der Waals surface area contributed by atoms with Crippen molar-refractivity contribution in [2.45, 2.75) is 72.6 Å². The van der Waals surface area contributed by atoms with E-state index in [-0.39, 0.29) is 5.41 Å². The van der Waals surface area contributed by atoms with Crippen LogP contribution in [0, 0.1) is 6.92 Å². The summed E-state index contributed by atoms with van der Waals surface area (Å²) in [5, 5.41) is 0. The number of hydrogen-bond donors (Lipinski definition) is 0. The minimum absolute atomic E-state index is 0.192. The van der Waals surface area contributed by atoms with Gasteiger partial charge in [-0.3, -0.25) is 0 Å². The van der Waals surface area contributed by atoms with Crippen molar-refractivity contribution >= 4 is 22.1 Å². The number of rotatable bonds is 5. The molecule has 42 heavy (non-hydrogen) atoms. The molecule has 0 spiro atoms. The van der Waals surface area contributed by atoms with Gasteiger partial charge in [0.1, 0.15) is 11.2 Å². The molecular weight excluding hydrogens is 514 g/mol. The van der Waals surface area contributed by atoms with E-state index in [0.29, 0.717) is 11.8 Å². The van der Waals surface area contributed by atoms with Gasteiger partial charge in [-0.05, 0) is 65.8 Å². The van der Waals surface area contributed by atoms with E-state index >= 15 is 0 Å². The Morgan fingerprint density at radius 2 is 1.40 bits per heavy atom. The molecule has 0 aliphatic rings. The molecule has 0 radical (unpaired) electrons. The summed E-state index contributed by atoms with van der Waals surface area (Å²) in [5.41, 5.74) is 12.6. The first-order chi connectivity index (χ1) is 20.0. The summed E-state index contributed by atoms with van der Waals surface area (Å²) in [4.78, 5) is 5.14. The highest BCUT2D eigenvalue weighted by Crippen LogP contribution is 2.41. The maximum Gasteiger partial charge on any atom is 0.297 e. The zero-order chi connectivity index (χ0) is 29.9. The summed E-state index contributed by atoms with van der Waals surface area (Å²) in [5.74, 6) is 2.51. The topological polar surface area (TPSA) is 34.8 Å². The van der Waals surface area contributed by atoms with Gasteiger partial charge in [-0.25, -0.2) is 9.55 Å². The molecule has 0 saturated heterocycles. The number of aromatic nitrogens is 3. The fraction of sp³-hybridized carbons (Fsp3) is 0.316. The van der Waals surface area contributed by atoms with Gasteiger partial charge in [-0.2, -0.15) is 4.57 Å². The third-order valence-corrected chi connectivity index (χ3v) is 8.39. The molecule has 0 unspecified atom stereocenters. The summed E-state index contributed by atoms with van der Waals surface area (Å²) < 4.78 is 11.2. The number of benzene rings is 4. The highest BCUT2D eigenvalue weighted by molar-refractivity contribution is 5.93. The van der Waals surface area contributed by atoms with Crippen molar-refractivity contribution < 1.29 is 8.98 Å². The van der Waals surface area contributed by atoms with Gasteiger partial charge < -0.3 is 4.42 Å². The molecule has 2 aromatic heterocycles. The largest absolute Gasteiger partial charge is 0.440 e. The molecule has 2 heterocycles. The van der Waals surface area contributed by atoms with E-state index in [4.69, 9.17) is 9.40 Å². The van der Waals surface area contributed by atoms with Crippen molar-refractivity contribution in [3.8, 4) is 28.2 Å². The first-order valence-electron chi connectivity index (χ1n) is 15.1. The maximum atomic E-state index is 6.37. The molecule has 0 saturated carbocycles. The smallest absolute Gasteiger partial charge is 0.297 e. The Morgan fingerprint density at radius 3 is 2.02 bits per heavy atom. The van der Waals surface area contributed by atoms with Gasteiger partial charge in [0.05, 0.1) is 12.6 Å². The predicted molar refractivity (Wildman–Crippen MR) is 175 cm³/mol. The van der Waals surface area contributed by atoms with Gasteiger partial charge in [0.25, 0.3) is 5.82 Å². The Hall–Kier alpha value is -4.18. The van der Waals surface area contributed by atoms with E-state index in [1.807, 2.05) is 0 Å². The zero-order valence-corrected chi connectivity index (χ0v) is 26.4. The van der Waals surface area contributed by atoms with Crippen LogP contribution in [0.15, 0.2) is 83.3 Å². The SMILES string of the molecule is Cc1ccc2oc(C(C)(C)C)nc2c1-c1n(-c2c(C(C)C)cc(-c3ccccc3)cc2C(C)C)c2ccccc2[n+]1C. The number of oxazole rings is 1. The summed E-state index contributed by atoms with van der Waals surface area (Å²) in [6.07, 6.45) is 0. The Labute approximate surface area is 249 Å². The second kappa shape index (κ2) is 10.3. The van der Waals surface area contributed by atoms with Crippen LogP contribution in [0.25, 0.3) is 50.3 Å². The normalized spacial score (nSPS) is 12.4. The summed E-state index contributed by atoms with van der Waals surface area (Å²) in [6.45, 7) is 17.9. The predicted octanol–water partition coefficient (Wildman–Crippen LogP) is 9.78. The molecule has 0 amide bonds. The lowest BCUT2D eigenvalue weighted by atomic mass is 9.88. The number of aryl methyl sites for hydroxylation is 2. The van der Waals surface area contributed by atoms with Gasteiger partial charge in [0.2, 0.25) is 5.89 Å². The quantitative estimate of drug-likeness (QED) is 0.198. The Bertz CT molecular complexity index is 1900. The molecule has 0 N–H and O–H groups in total. The van der Waals surface area contributed by atoms with E-state index in [9.17, 15) is 0 Å². The average molecular weight is 557 g/mol. The molecule has 0 aliphatic carbocycles. The van der Waals surface area contributed by atoms with E-state index in [0.717, 1.165) is 28.4 Å². The van der Waals surface area contributed by atoms with Gasteiger partial charge >= 0.3 is 0 Å². The molecule has 4 heteroatoms. The van der Waals surface area contributed by atoms with Crippen molar-refractivity contribution in [3.05, 3.63) is 101 Å². The minimum atomic E-state index is -0.192. The highest BCUT2D eigenvalue weighted by atomic mass is 16.3. The molecular formula is C38H42N3O+. The molecule has 6 rings (SSSR count). The van der Waals surface area contributed by atoms with Crippen LogP contribution in [0.1, 0.15) is 82.9 Å². The molecule has 0 aliphatic heterocycles. The first-order valence-corrected chi connectivity index (χ1v) is 15.1. The van der Waals surface area contributed by atoms with Crippen molar-refractivity contribution in [2.75, 3.05) is 0 Å². The van der Waals surface area contributed by atoms with E-state index < -0.39 is 0 Å². The van der Waals surface area contributed by atoms with Crippen LogP contribution in [0.4, 0.5) is 0 Å². The fourth-order valence-electron chi connectivity index (χ4n) is 6.13. The van der Waals surface area contributed by atoms with Gasteiger partial charge in [-0.1, -0.05) is 97.0 Å². The second-order valence-electron chi connectivity index (χ2n) is 13.3. The number of nitrogens with zero attached hydrogens (tertiary/aromatic N) is 3. The summed E-state index contributed by atoms with van der Waals surface area (Å²) >= 11 is 0. The molecule has 0 fully saturated rings. The monoisotopic (exact) mass is 556 g/mol.